The van der Waals surface area contributed by atoms with Crippen LogP contribution in [0.5, 0.6) is 0 Å². The molecule has 1 amide bonds. The standard InChI is InChI=1S/C19H26N2O3S/c1-11(2)19(5,10-20)21-17(22)13(4)24-18(23)16-9-14-8-12(3)6-7-15(14)25-16/h9,11-13H,6-8H2,1-5H3,(H,21,22)/t12-,13-,19-/m0/s1. The first kappa shape index (κ1) is 19.5. The smallest absolute Gasteiger partial charge is 0.349 e. The number of hydrogen-bond acceptors (Lipinski definition) is 5. The largest absolute Gasteiger partial charge is 0.448 e. The highest BCUT2D eigenvalue weighted by Crippen LogP contribution is 2.32. The van der Waals surface area contributed by atoms with E-state index in [1.807, 2.05) is 19.9 Å². The van der Waals surface area contributed by atoms with Gasteiger partial charge in [-0.3, -0.25) is 4.79 Å². The highest BCUT2D eigenvalue weighted by molar-refractivity contribution is 7.14. The molecular weight excluding hydrogens is 336 g/mol. The molecule has 3 atom stereocenters. The first-order chi connectivity index (χ1) is 11.7. The third kappa shape index (κ3) is 4.40. The number of hydrogen-bond donors (Lipinski definition) is 1. The van der Waals surface area contributed by atoms with Crippen LogP contribution >= 0.6 is 11.3 Å². The van der Waals surface area contributed by atoms with Crippen molar-refractivity contribution < 1.29 is 14.3 Å². The molecule has 0 radical (unpaired) electrons. The molecule has 1 aromatic rings. The fourth-order valence-electron chi connectivity index (χ4n) is 2.74. The lowest BCUT2D eigenvalue weighted by Crippen LogP contribution is -2.52. The minimum atomic E-state index is -0.990. The molecule has 0 saturated carbocycles. The van der Waals surface area contributed by atoms with E-state index in [4.69, 9.17) is 4.74 Å². The summed E-state index contributed by atoms with van der Waals surface area (Å²) in [6.07, 6.45) is 2.18. The Bertz CT molecular complexity index is 704. The fraction of sp³-hybridized carbons (Fsp3) is 0.632. The van der Waals surface area contributed by atoms with Crippen LogP contribution < -0.4 is 5.32 Å². The zero-order valence-corrected chi connectivity index (χ0v) is 16.3. The predicted molar refractivity (Wildman–Crippen MR) is 97.4 cm³/mol. The van der Waals surface area contributed by atoms with E-state index in [1.54, 1.807) is 6.92 Å². The summed E-state index contributed by atoms with van der Waals surface area (Å²) >= 11 is 1.46. The van der Waals surface area contributed by atoms with Crippen molar-refractivity contribution in [2.45, 2.75) is 65.5 Å². The average Bonchev–Trinajstić information content (AvgIpc) is 2.97. The molecule has 0 fully saturated rings. The van der Waals surface area contributed by atoms with Crippen LogP contribution in [0.4, 0.5) is 0 Å². The molecule has 0 spiro atoms. The Morgan fingerprint density at radius 1 is 1.44 bits per heavy atom. The van der Waals surface area contributed by atoms with E-state index >= 15 is 0 Å². The summed E-state index contributed by atoms with van der Waals surface area (Å²) in [7, 11) is 0. The van der Waals surface area contributed by atoms with Crippen molar-refractivity contribution in [1.29, 1.82) is 5.26 Å². The highest BCUT2D eigenvalue weighted by atomic mass is 32.1. The van der Waals surface area contributed by atoms with Gasteiger partial charge >= 0.3 is 5.97 Å². The molecule has 1 aliphatic rings. The van der Waals surface area contributed by atoms with Gasteiger partial charge in [0.05, 0.1) is 6.07 Å². The van der Waals surface area contributed by atoms with Crippen LogP contribution in [0.2, 0.25) is 0 Å². The van der Waals surface area contributed by atoms with Gasteiger partial charge in [0.2, 0.25) is 0 Å². The number of fused-ring (bicyclic) bond motifs is 1. The van der Waals surface area contributed by atoms with Crippen molar-refractivity contribution in [3.63, 3.8) is 0 Å². The maximum atomic E-state index is 12.4. The molecule has 1 aromatic heterocycles. The third-order valence-corrected chi connectivity index (χ3v) is 6.17. The minimum Gasteiger partial charge on any atom is -0.448 e. The number of carbonyl (C=O) groups is 2. The van der Waals surface area contributed by atoms with Crippen LogP contribution in [0.25, 0.3) is 0 Å². The SMILES string of the molecule is CC(C)[C@](C)(C#N)NC(=O)[C@H](C)OC(=O)c1cc2c(s1)CC[C@H](C)C2. The summed E-state index contributed by atoms with van der Waals surface area (Å²) in [6.45, 7) is 9.13. The van der Waals surface area contributed by atoms with E-state index < -0.39 is 23.5 Å². The van der Waals surface area contributed by atoms with Crippen LogP contribution in [0, 0.1) is 23.2 Å². The number of nitriles is 1. The predicted octanol–water partition coefficient (Wildman–Crippen LogP) is 3.47. The molecule has 5 nitrogen and oxygen atoms in total. The Kier molecular flexibility index (Phi) is 5.89. The second-order valence-corrected chi connectivity index (χ2v) is 8.55. The number of nitrogens with zero attached hydrogens (tertiary/aromatic N) is 1. The van der Waals surface area contributed by atoms with E-state index in [-0.39, 0.29) is 5.92 Å². The highest BCUT2D eigenvalue weighted by Gasteiger charge is 2.33. The molecule has 6 heteroatoms. The molecular formula is C19H26N2O3S. The Balaban J connectivity index is 2.01. The zero-order chi connectivity index (χ0) is 18.8. The number of amides is 1. The monoisotopic (exact) mass is 362 g/mol. The summed E-state index contributed by atoms with van der Waals surface area (Å²) in [5.41, 5.74) is 0.236. The van der Waals surface area contributed by atoms with E-state index in [0.717, 1.165) is 19.3 Å². The van der Waals surface area contributed by atoms with Gasteiger partial charge in [-0.15, -0.1) is 11.3 Å². The Morgan fingerprint density at radius 2 is 2.12 bits per heavy atom. The second-order valence-electron chi connectivity index (χ2n) is 7.41. The molecule has 0 unspecified atom stereocenters. The number of carbonyl (C=O) groups excluding carboxylic acids is 2. The molecule has 25 heavy (non-hydrogen) atoms. The van der Waals surface area contributed by atoms with Crippen molar-refractivity contribution >= 4 is 23.2 Å². The van der Waals surface area contributed by atoms with Crippen molar-refractivity contribution in [2.24, 2.45) is 11.8 Å². The molecule has 0 aliphatic heterocycles. The number of aryl methyl sites for hydroxylation is 1. The Labute approximate surface area is 153 Å². The zero-order valence-electron chi connectivity index (χ0n) is 15.5. The van der Waals surface area contributed by atoms with Gasteiger partial charge < -0.3 is 10.1 Å². The summed E-state index contributed by atoms with van der Waals surface area (Å²) < 4.78 is 5.32. The van der Waals surface area contributed by atoms with E-state index in [2.05, 4.69) is 18.3 Å². The van der Waals surface area contributed by atoms with Gasteiger partial charge in [0.1, 0.15) is 10.4 Å². The minimum absolute atomic E-state index is 0.0599. The Morgan fingerprint density at radius 3 is 2.72 bits per heavy atom. The van der Waals surface area contributed by atoms with Gasteiger partial charge in [-0.1, -0.05) is 20.8 Å². The average molecular weight is 362 g/mol. The fourth-order valence-corrected chi connectivity index (χ4v) is 3.83. The van der Waals surface area contributed by atoms with Crippen molar-refractivity contribution in [1.82, 2.24) is 5.32 Å². The lowest BCUT2D eigenvalue weighted by atomic mass is 9.90. The van der Waals surface area contributed by atoms with Crippen LogP contribution in [0.15, 0.2) is 6.07 Å². The van der Waals surface area contributed by atoms with Crippen LogP contribution in [0.3, 0.4) is 0 Å². The number of nitrogens with one attached hydrogen (secondary N) is 1. The lowest BCUT2D eigenvalue weighted by molar-refractivity contribution is -0.130. The van der Waals surface area contributed by atoms with Crippen LogP contribution in [-0.2, 0) is 22.4 Å². The molecule has 1 heterocycles. The molecule has 0 bridgehead atoms. The van der Waals surface area contributed by atoms with Gasteiger partial charge in [0.15, 0.2) is 6.10 Å². The van der Waals surface area contributed by atoms with E-state index in [1.165, 1.54) is 28.7 Å². The van der Waals surface area contributed by atoms with Crippen molar-refractivity contribution in [3.8, 4) is 6.07 Å². The van der Waals surface area contributed by atoms with Gasteiger partial charge in [-0.2, -0.15) is 5.26 Å². The number of rotatable bonds is 5. The number of thiophene rings is 1. The summed E-state index contributed by atoms with van der Waals surface area (Å²) in [4.78, 5) is 26.5. The molecule has 1 aliphatic carbocycles. The first-order valence-corrected chi connectivity index (χ1v) is 9.53. The van der Waals surface area contributed by atoms with Gasteiger partial charge in [0.25, 0.3) is 5.91 Å². The quantitative estimate of drug-likeness (QED) is 0.814. The van der Waals surface area contributed by atoms with E-state index in [9.17, 15) is 14.9 Å². The molecule has 0 aromatic carbocycles. The third-order valence-electron chi connectivity index (χ3n) is 4.95. The molecule has 2 rings (SSSR count). The molecule has 136 valence electrons. The normalized spacial score (nSPS) is 20.1. The number of esters is 1. The summed E-state index contributed by atoms with van der Waals surface area (Å²) in [5, 5.41) is 12.0. The van der Waals surface area contributed by atoms with Gasteiger partial charge in [-0.05, 0) is 56.6 Å². The maximum absolute atomic E-state index is 12.4. The lowest BCUT2D eigenvalue weighted by Gasteiger charge is -2.28. The molecule has 1 N–H and O–H groups in total. The van der Waals surface area contributed by atoms with Crippen molar-refractivity contribution in [3.05, 3.63) is 21.4 Å². The Hall–Kier alpha value is -1.87. The second kappa shape index (κ2) is 7.57. The van der Waals surface area contributed by atoms with E-state index in [0.29, 0.717) is 10.8 Å². The molecule has 0 saturated heterocycles. The van der Waals surface area contributed by atoms with Crippen LogP contribution in [0.1, 0.15) is 61.2 Å². The topological polar surface area (TPSA) is 79.2 Å². The van der Waals surface area contributed by atoms with Gasteiger partial charge in [-0.25, -0.2) is 4.79 Å². The van der Waals surface area contributed by atoms with Gasteiger partial charge in [0, 0.05) is 4.88 Å². The van der Waals surface area contributed by atoms with Crippen molar-refractivity contribution in [2.75, 3.05) is 0 Å². The summed E-state index contributed by atoms with van der Waals surface area (Å²) in [5.74, 6) is -0.357. The van der Waals surface area contributed by atoms with Crippen LogP contribution in [-0.4, -0.2) is 23.5 Å². The maximum Gasteiger partial charge on any atom is 0.349 e. The summed E-state index contributed by atoms with van der Waals surface area (Å²) in [6, 6.07) is 4.01. The first-order valence-electron chi connectivity index (χ1n) is 8.72. The number of ether oxygens (including phenoxy) is 1.